The van der Waals surface area contributed by atoms with Crippen LogP contribution < -0.4 is 21.9 Å². The van der Waals surface area contributed by atoms with E-state index in [4.69, 9.17) is 10.8 Å². The van der Waals surface area contributed by atoms with Crippen LogP contribution in [0.4, 0.5) is 11.8 Å². The van der Waals surface area contributed by atoms with E-state index in [1.54, 1.807) is 12.1 Å². The third-order valence-corrected chi connectivity index (χ3v) is 5.82. The van der Waals surface area contributed by atoms with Crippen LogP contribution in [0.2, 0.25) is 0 Å². The standard InChI is InChI=1S/C22H27N5O7/c23-22-26-18-15(20(32)27-22)8-11(9-24-18)7-14(10-28)12-1-3-13(4-2-12)19(31)25-16(21(33)34)5-6-17(29)30/h1-4,11,14,16,28H,5-10H2,(H,25,31)(H,29,30)(H,33,34)(H4,23,24,26,27,32)/t11-,14-,16-/m0/s1. The minimum absolute atomic E-state index is 0.0450. The molecule has 0 saturated carbocycles. The van der Waals surface area contributed by atoms with Gasteiger partial charge in [0.2, 0.25) is 5.95 Å². The third kappa shape index (κ3) is 6.10. The van der Waals surface area contributed by atoms with Crippen molar-refractivity contribution in [2.24, 2.45) is 5.92 Å². The van der Waals surface area contributed by atoms with Crippen molar-refractivity contribution in [3.63, 3.8) is 0 Å². The Labute approximate surface area is 194 Å². The van der Waals surface area contributed by atoms with Crippen LogP contribution in [0.15, 0.2) is 29.1 Å². The van der Waals surface area contributed by atoms with Crippen molar-refractivity contribution in [3.05, 3.63) is 51.3 Å². The molecule has 1 amide bonds. The molecule has 0 unspecified atom stereocenters. The Balaban J connectivity index is 1.64. The molecule has 12 heteroatoms. The summed E-state index contributed by atoms with van der Waals surface area (Å²) in [6.07, 6.45) is 0.443. The second-order valence-electron chi connectivity index (χ2n) is 8.26. The lowest BCUT2D eigenvalue weighted by molar-refractivity contribution is -0.140. The van der Waals surface area contributed by atoms with E-state index in [2.05, 4.69) is 20.6 Å². The highest BCUT2D eigenvalue weighted by molar-refractivity contribution is 5.96. The third-order valence-electron chi connectivity index (χ3n) is 5.82. The molecule has 0 aliphatic carbocycles. The molecule has 0 fully saturated rings. The van der Waals surface area contributed by atoms with E-state index in [9.17, 15) is 29.4 Å². The molecule has 1 aromatic heterocycles. The van der Waals surface area contributed by atoms with Gasteiger partial charge in [-0.3, -0.25) is 19.4 Å². The molecule has 2 aromatic rings. The van der Waals surface area contributed by atoms with Crippen molar-refractivity contribution in [3.8, 4) is 0 Å². The van der Waals surface area contributed by atoms with Gasteiger partial charge in [0, 0.05) is 31.1 Å². The van der Waals surface area contributed by atoms with Gasteiger partial charge in [-0.05, 0) is 42.9 Å². The van der Waals surface area contributed by atoms with Crippen LogP contribution in [0.3, 0.4) is 0 Å². The fourth-order valence-corrected chi connectivity index (χ4v) is 4.01. The van der Waals surface area contributed by atoms with Crippen LogP contribution in [0, 0.1) is 5.92 Å². The number of carboxylic acid groups (broad SMARTS) is 2. The highest BCUT2D eigenvalue weighted by Gasteiger charge is 2.26. The lowest BCUT2D eigenvalue weighted by Gasteiger charge is -2.27. The first-order valence-corrected chi connectivity index (χ1v) is 10.8. The summed E-state index contributed by atoms with van der Waals surface area (Å²) >= 11 is 0. The summed E-state index contributed by atoms with van der Waals surface area (Å²) in [5, 5.41) is 33.3. The Morgan fingerprint density at radius 1 is 1.21 bits per heavy atom. The number of aromatic amines is 1. The number of anilines is 2. The van der Waals surface area contributed by atoms with Crippen LogP contribution in [0.1, 0.15) is 46.7 Å². The number of nitrogens with two attached hydrogens (primary N) is 1. The molecule has 34 heavy (non-hydrogen) atoms. The molecule has 12 nitrogen and oxygen atoms in total. The summed E-state index contributed by atoms with van der Waals surface area (Å²) < 4.78 is 0. The summed E-state index contributed by atoms with van der Waals surface area (Å²) in [6, 6.07) is 5.09. The minimum Gasteiger partial charge on any atom is -0.481 e. The summed E-state index contributed by atoms with van der Waals surface area (Å²) in [4.78, 5) is 53.2. The number of H-pyrrole nitrogens is 1. The Bertz CT molecular complexity index is 1120. The Kier molecular flexibility index (Phi) is 7.84. The number of hydrogen-bond acceptors (Lipinski definition) is 8. The topological polar surface area (TPSA) is 208 Å². The number of carbonyl (C=O) groups is 3. The number of aromatic nitrogens is 2. The summed E-state index contributed by atoms with van der Waals surface area (Å²) in [7, 11) is 0. The zero-order valence-electron chi connectivity index (χ0n) is 18.3. The van der Waals surface area contributed by atoms with Gasteiger partial charge >= 0.3 is 11.9 Å². The van der Waals surface area contributed by atoms with E-state index in [1.807, 2.05) is 0 Å². The molecular formula is C22H27N5O7. The largest absolute Gasteiger partial charge is 0.481 e. The number of nitrogens with zero attached hydrogens (tertiary/aromatic N) is 1. The van der Waals surface area contributed by atoms with Gasteiger partial charge in [0.15, 0.2) is 0 Å². The Morgan fingerprint density at radius 3 is 2.53 bits per heavy atom. The Morgan fingerprint density at radius 2 is 1.91 bits per heavy atom. The summed E-state index contributed by atoms with van der Waals surface area (Å²) in [5.41, 5.74) is 6.80. The fourth-order valence-electron chi connectivity index (χ4n) is 4.01. The first-order valence-electron chi connectivity index (χ1n) is 10.8. The average Bonchev–Trinajstić information content (AvgIpc) is 2.80. The number of aliphatic carboxylic acids is 2. The highest BCUT2D eigenvalue weighted by Crippen LogP contribution is 2.29. The summed E-state index contributed by atoms with van der Waals surface area (Å²) in [6.45, 7) is 0.425. The molecule has 1 aliphatic heterocycles. The van der Waals surface area contributed by atoms with Gasteiger partial charge in [0.25, 0.3) is 11.5 Å². The normalized spacial score (nSPS) is 16.6. The van der Waals surface area contributed by atoms with E-state index < -0.39 is 23.9 Å². The number of rotatable bonds is 10. The van der Waals surface area contributed by atoms with E-state index in [-0.39, 0.29) is 48.4 Å². The fraction of sp³-hybridized carbons (Fsp3) is 0.409. The number of benzene rings is 1. The van der Waals surface area contributed by atoms with Crippen LogP contribution in [0.25, 0.3) is 0 Å². The maximum atomic E-state index is 12.4. The number of carboxylic acids is 2. The molecule has 3 rings (SSSR count). The smallest absolute Gasteiger partial charge is 0.326 e. The Hall–Kier alpha value is -3.93. The molecule has 1 aliphatic rings. The number of carbonyl (C=O) groups excluding carboxylic acids is 1. The zero-order valence-corrected chi connectivity index (χ0v) is 18.3. The molecule has 0 bridgehead atoms. The zero-order chi connectivity index (χ0) is 24.8. The van der Waals surface area contributed by atoms with E-state index in [0.717, 1.165) is 5.56 Å². The van der Waals surface area contributed by atoms with Crippen LogP contribution in [-0.2, 0) is 16.0 Å². The second-order valence-corrected chi connectivity index (χ2v) is 8.26. The number of nitrogens with one attached hydrogen (secondary N) is 3. The van der Waals surface area contributed by atoms with E-state index >= 15 is 0 Å². The van der Waals surface area contributed by atoms with Crippen LogP contribution in [-0.4, -0.2) is 62.3 Å². The molecule has 0 spiro atoms. The lowest BCUT2D eigenvalue weighted by atomic mass is 9.84. The predicted octanol–water partition coefficient (Wildman–Crippen LogP) is 0.150. The van der Waals surface area contributed by atoms with Gasteiger partial charge in [0.1, 0.15) is 11.9 Å². The average molecular weight is 473 g/mol. The first-order chi connectivity index (χ1) is 16.2. The molecule has 2 heterocycles. The van der Waals surface area contributed by atoms with Gasteiger partial charge in [-0.2, -0.15) is 4.98 Å². The van der Waals surface area contributed by atoms with Gasteiger partial charge in [-0.15, -0.1) is 0 Å². The summed E-state index contributed by atoms with van der Waals surface area (Å²) in [5.74, 6) is -2.77. The number of hydrogen-bond donors (Lipinski definition) is 7. The molecule has 1 aromatic carbocycles. The quantitative estimate of drug-likeness (QED) is 0.248. The van der Waals surface area contributed by atoms with E-state index in [0.29, 0.717) is 30.8 Å². The molecular weight excluding hydrogens is 446 g/mol. The predicted molar refractivity (Wildman–Crippen MR) is 122 cm³/mol. The molecule has 8 N–H and O–H groups in total. The van der Waals surface area contributed by atoms with Crippen LogP contribution >= 0.6 is 0 Å². The molecule has 3 atom stereocenters. The highest BCUT2D eigenvalue weighted by atomic mass is 16.4. The van der Waals surface area contributed by atoms with Crippen molar-refractivity contribution >= 4 is 29.6 Å². The van der Waals surface area contributed by atoms with Gasteiger partial charge in [-0.25, -0.2) is 4.79 Å². The van der Waals surface area contributed by atoms with Crippen molar-refractivity contribution in [1.29, 1.82) is 0 Å². The maximum absolute atomic E-state index is 12.4. The monoisotopic (exact) mass is 473 g/mol. The number of amides is 1. The van der Waals surface area contributed by atoms with Crippen molar-refractivity contribution in [2.45, 2.75) is 37.6 Å². The van der Waals surface area contributed by atoms with Gasteiger partial charge in [0.05, 0.1) is 5.56 Å². The van der Waals surface area contributed by atoms with Crippen molar-refractivity contribution in [1.82, 2.24) is 15.3 Å². The minimum atomic E-state index is -1.32. The lowest BCUT2D eigenvalue weighted by Crippen LogP contribution is -2.41. The number of nitrogen functional groups attached to an aromatic ring is 1. The first kappa shape index (κ1) is 24.7. The SMILES string of the molecule is Nc1nc2c(c(=O)[nH]1)C[C@H](C[C@@H](CO)c1ccc(C(=O)N[C@@H](CCC(=O)O)C(=O)O)cc1)CN2. The number of fused-ring (bicyclic) bond motifs is 1. The number of aliphatic hydroxyl groups excluding tert-OH is 1. The van der Waals surface area contributed by atoms with Crippen molar-refractivity contribution in [2.75, 3.05) is 24.2 Å². The van der Waals surface area contributed by atoms with Gasteiger partial charge < -0.3 is 31.7 Å². The molecule has 0 radical (unpaired) electrons. The van der Waals surface area contributed by atoms with E-state index in [1.165, 1.54) is 12.1 Å². The van der Waals surface area contributed by atoms with Crippen LogP contribution in [0.5, 0.6) is 0 Å². The molecule has 182 valence electrons. The second kappa shape index (κ2) is 10.8. The maximum Gasteiger partial charge on any atom is 0.326 e. The number of aliphatic hydroxyl groups is 1. The van der Waals surface area contributed by atoms with Crippen molar-refractivity contribution < 1.29 is 29.7 Å². The van der Waals surface area contributed by atoms with Gasteiger partial charge in [-0.1, -0.05) is 12.1 Å². The molecule has 0 saturated heterocycles.